The zero-order chi connectivity index (χ0) is 14.4. The van der Waals surface area contributed by atoms with E-state index in [1.165, 1.54) is 12.1 Å². The van der Waals surface area contributed by atoms with E-state index in [2.05, 4.69) is 5.32 Å². The highest BCUT2D eigenvalue weighted by Gasteiger charge is 2.06. The Bertz CT molecular complexity index is 574. The number of hydrogen-bond donors (Lipinski definition) is 1. The summed E-state index contributed by atoms with van der Waals surface area (Å²) >= 11 is 1.61. The summed E-state index contributed by atoms with van der Waals surface area (Å²) in [5, 5.41) is 3.18. The second-order valence-corrected chi connectivity index (χ2v) is 5.18. The molecule has 0 amide bonds. The van der Waals surface area contributed by atoms with Gasteiger partial charge in [-0.25, -0.2) is 4.39 Å². The van der Waals surface area contributed by atoms with E-state index in [9.17, 15) is 4.39 Å². The lowest BCUT2D eigenvalue weighted by Crippen LogP contribution is -2.11. The van der Waals surface area contributed by atoms with Gasteiger partial charge in [0, 0.05) is 17.5 Å². The van der Waals surface area contributed by atoms with E-state index in [-0.39, 0.29) is 5.82 Å². The molecule has 20 heavy (non-hydrogen) atoms. The Hall–Kier alpha value is -1.52. The van der Waals surface area contributed by atoms with Gasteiger partial charge in [0.2, 0.25) is 0 Å². The van der Waals surface area contributed by atoms with Crippen LogP contribution >= 0.6 is 11.8 Å². The lowest BCUT2D eigenvalue weighted by molar-refractivity contribution is 0.464. The highest BCUT2D eigenvalue weighted by Crippen LogP contribution is 2.31. The standard InChI is InChI=1S/C16H18FNOS/c1-3-18-11-12-8-13(17)10-14(9-12)19-15-6-4-5-7-16(15)20-2/h4-10,18H,3,11H2,1-2H3. The Labute approximate surface area is 123 Å². The highest BCUT2D eigenvalue weighted by atomic mass is 32.2. The molecular formula is C16H18FNOS. The van der Waals surface area contributed by atoms with Crippen LogP contribution < -0.4 is 10.1 Å². The molecular weight excluding hydrogens is 273 g/mol. The van der Waals surface area contributed by atoms with Crippen molar-refractivity contribution in [3.63, 3.8) is 0 Å². The third kappa shape index (κ3) is 3.99. The van der Waals surface area contributed by atoms with Crippen molar-refractivity contribution >= 4 is 11.8 Å². The normalized spacial score (nSPS) is 10.6. The summed E-state index contributed by atoms with van der Waals surface area (Å²) in [6.07, 6.45) is 1.99. The van der Waals surface area contributed by atoms with Crippen LogP contribution in [0, 0.1) is 5.82 Å². The van der Waals surface area contributed by atoms with Crippen molar-refractivity contribution in [3.8, 4) is 11.5 Å². The van der Waals surface area contributed by atoms with Crippen LogP contribution in [0.5, 0.6) is 11.5 Å². The molecule has 0 heterocycles. The van der Waals surface area contributed by atoms with E-state index >= 15 is 0 Å². The van der Waals surface area contributed by atoms with Crippen molar-refractivity contribution in [2.75, 3.05) is 12.8 Å². The average Bonchev–Trinajstić information content (AvgIpc) is 2.45. The molecule has 0 unspecified atom stereocenters. The van der Waals surface area contributed by atoms with E-state index in [0.717, 1.165) is 22.8 Å². The zero-order valence-corrected chi connectivity index (χ0v) is 12.5. The van der Waals surface area contributed by atoms with Crippen LogP contribution in [0.3, 0.4) is 0 Å². The molecule has 106 valence electrons. The Morgan fingerprint density at radius 1 is 1.20 bits per heavy atom. The van der Waals surface area contributed by atoms with E-state index in [4.69, 9.17) is 4.74 Å². The molecule has 1 N–H and O–H groups in total. The molecule has 2 rings (SSSR count). The maximum Gasteiger partial charge on any atom is 0.140 e. The molecule has 0 aliphatic carbocycles. The first-order chi connectivity index (χ1) is 9.72. The molecule has 0 saturated carbocycles. The van der Waals surface area contributed by atoms with Crippen LogP contribution in [0.2, 0.25) is 0 Å². The quantitative estimate of drug-likeness (QED) is 0.795. The lowest BCUT2D eigenvalue weighted by Gasteiger charge is -2.11. The molecule has 0 aliphatic heterocycles. The minimum Gasteiger partial charge on any atom is -0.456 e. The monoisotopic (exact) mass is 291 g/mol. The van der Waals surface area contributed by atoms with E-state index < -0.39 is 0 Å². The van der Waals surface area contributed by atoms with Gasteiger partial charge >= 0.3 is 0 Å². The van der Waals surface area contributed by atoms with Gasteiger partial charge in [0.15, 0.2) is 0 Å². The average molecular weight is 291 g/mol. The number of benzene rings is 2. The van der Waals surface area contributed by atoms with Crippen LogP contribution in [-0.4, -0.2) is 12.8 Å². The predicted octanol–water partition coefficient (Wildman–Crippen LogP) is 4.45. The van der Waals surface area contributed by atoms with E-state index in [1.54, 1.807) is 11.8 Å². The summed E-state index contributed by atoms with van der Waals surface area (Å²) in [6, 6.07) is 12.5. The largest absolute Gasteiger partial charge is 0.456 e. The maximum atomic E-state index is 13.6. The first-order valence-corrected chi connectivity index (χ1v) is 7.76. The van der Waals surface area contributed by atoms with Crippen LogP contribution in [0.1, 0.15) is 12.5 Å². The number of hydrogen-bond acceptors (Lipinski definition) is 3. The summed E-state index contributed by atoms with van der Waals surface area (Å²) in [6.45, 7) is 3.50. The number of para-hydroxylation sites is 1. The van der Waals surface area contributed by atoms with Crippen molar-refractivity contribution in [1.29, 1.82) is 0 Å². The Kier molecular flexibility index (Phi) is 5.44. The minimum absolute atomic E-state index is 0.281. The van der Waals surface area contributed by atoms with Crippen molar-refractivity contribution in [1.82, 2.24) is 5.32 Å². The summed E-state index contributed by atoms with van der Waals surface area (Å²) in [7, 11) is 0. The fourth-order valence-electron chi connectivity index (χ4n) is 1.88. The third-order valence-corrected chi connectivity index (χ3v) is 3.58. The highest BCUT2D eigenvalue weighted by molar-refractivity contribution is 7.98. The molecule has 2 aromatic rings. The maximum absolute atomic E-state index is 13.6. The lowest BCUT2D eigenvalue weighted by atomic mass is 10.2. The van der Waals surface area contributed by atoms with Gasteiger partial charge in [-0.15, -0.1) is 11.8 Å². The van der Waals surface area contributed by atoms with E-state index in [1.807, 2.05) is 43.5 Å². The third-order valence-electron chi connectivity index (χ3n) is 2.81. The van der Waals surface area contributed by atoms with Crippen LogP contribution in [0.25, 0.3) is 0 Å². The van der Waals surface area contributed by atoms with Gasteiger partial charge < -0.3 is 10.1 Å². The second-order valence-electron chi connectivity index (χ2n) is 4.33. The summed E-state index contributed by atoms with van der Waals surface area (Å²) in [5.41, 5.74) is 0.878. The van der Waals surface area contributed by atoms with Gasteiger partial charge in [-0.05, 0) is 42.6 Å². The number of halogens is 1. The Balaban J connectivity index is 2.22. The molecule has 0 aliphatic rings. The fourth-order valence-corrected chi connectivity index (χ4v) is 2.41. The molecule has 0 saturated heterocycles. The molecule has 0 fully saturated rings. The zero-order valence-electron chi connectivity index (χ0n) is 11.7. The molecule has 0 spiro atoms. The predicted molar refractivity (Wildman–Crippen MR) is 82.1 cm³/mol. The molecule has 4 heteroatoms. The Morgan fingerprint density at radius 2 is 2.00 bits per heavy atom. The van der Waals surface area contributed by atoms with Gasteiger partial charge in [0.05, 0.1) is 0 Å². The first-order valence-electron chi connectivity index (χ1n) is 6.54. The van der Waals surface area contributed by atoms with Crippen LogP contribution in [0.4, 0.5) is 4.39 Å². The van der Waals surface area contributed by atoms with Crippen molar-refractivity contribution in [3.05, 3.63) is 53.8 Å². The number of thioether (sulfide) groups is 1. The number of rotatable bonds is 6. The van der Waals surface area contributed by atoms with Gasteiger partial charge in [0.25, 0.3) is 0 Å². The summed E-state index contributed by atoms with van der Waals surface area (Å²) < 4.78 is 19.4. The molecule has 0 atom stereocenters. The van der Waals surface area contributed by atoms with Gasteiger partial charge in [-0.3, -0.25) is 0 Å². The first kappa shape index (κ1) is 14.9. The topological polar surface area (TPSA) is 21.3 Å². The van der Waals surface area contributed by atoms with Crippen molar-refractivity contribution in [2.45, 2.75) is 18.4 Å². The molecule has 0 radical (unpaired) electrons. The van der Waals surface area contributed by atoms with Crippen LogP contribution in [0.15, 0.2) is 47.4 Å². The molecule has 0 bridgehead atoms. The molecule has 2 aromatic carbocycles. The van der Waals surface area contributed by atoms with Crippen molar-refractivity contribution in [2.24, 2.45) is 0 Å². The van der Waals surface area contributed by atoms with Gasteiger partial charge in [-0.2, -0.15) is 0 Å². The van der Waals surface area contributed by atoms with E-state index in [0.29, 0.717) is 12.3 Å². The van der Waals surface area contributed by atoms with Gasteiger partial charge in [0.1, 0.15) is 17.3 Å². The van der Waals surface area contributed by atoms with Gasteiger partial charge in [-0.1, -0.05) is 19.1 Å². The van der Waals surface area contributed by atoms with Crippen molar-refractivity contribution < 1.29 is 9.13 Å². The summed E-state index contributed by atoms with van der Waals surface area (Å²) in [4.78, 5) is 1.03. The minimum atomic E-state index is -0.281. The number of ether oxygens (including phenoxy) is 1. The Morgan fingerprint density at radius 3 is 2.75 bits per heavy atom. The molecule has 0 aromatic heterocycles. The second kappa shape index (κ2) is 7.31. The molecule has 2 nitrogen and oxygen atoms in total. The van der Waals surface area contributed by atoms with Crippen LogP contribution in [-0.2, 0) is 6.54 Å². The SMILES string of the molecule is CCNCc1cc(F)cc(Oc2ccccc2SC)c1. The fraction of sp³-hybridized carbons (Fsp3) is 0.250. The number of nitrogens with one attached hydrogen (secondary N) is 1. The smallest absolute Gasteiger partial charge is 0.140 e. The summed E-state index contributed by atoms with van der Waals surface area (Å²) in [5.74, 6) is 0.997.